The van der Waals surface area contributed by atoms with E-state index in [9.17, 15) is 9.18 Å². The number of fused-ring (bicyclic) bond motifs is 1. The molecule has 0 aliphatic heterocycles. The molecule has 5 nitrogen and oxygen atoms in total. The quantitative estimate of drug-likeness (QED) is 0.596. The first kappa shape index (κ1) is 12.6. The lowest BCUT2D eigenvalue weighted by atomic mass is 10.3. The Labute approximate surface area is 118 Å². The van der Waals surface area contributed by atoms with Crippen molar-refractivity contribution in [2.75, 3.05) is 5.32 Å². The van der Waals surface area contributed by atoms with Crippen molar-refractivity contribution in [3.05, 3.63) is 47.4 Å². The Kier molecular flexibility index (Phi) is 3.08. The van der Waals surface area contributed by atoms with Gasteiger partial charge in [-0.1, -0.05) is 11.6 Å². The van der Waals surface area contributed by atoms with Gasteiger partial charge in [0.1, 0.15) is 16.5 Å². The molecule has 20 heavy (non-hydrogen) atoms. The Morgan fingerprint density at radius 2 is 1.90 bits per heavy atom. The Morgan fingerprint density at radius 3 is 2.60 bits per heavy atom. The van der Waals surface area contributed by atoms with Crippen LogP contribution in [0.1, 0.15) is 0 Å². The molecular formula is C13H8ClFN4O. The standard InChI is InChI=1S/C13H8ClFN4O/c14-11-6-5-10-12(18-11)19(13(17-10)16-7-20)9-3-1-8(15)2-4-9/h1-7H,(H,16,17,20). The van der Waals surface area contributed by atoms with Crippen LogP contribution in [0.2, 0.25) is 5.15 Å². The van der Waals surface area contributed by atoms with Crippen molar-refractivity contribution >= 4 is 35.1 Å². The van der Waals surface area contributed by atoms with E-state index >= 15 is 0 Å². The van der Waals surface area contributed by atoms with E-state index < -0.39 is 0 Å². The Balaban J connectivity index is 2.29. The molecule has 0 unspecified atom stereocenters. The van der Waals surface area contributed by atoms with Crippen LogP contribution in [0.4, 0.5) is 10.3 Å². The second-order valence-corrected chi connectivity index (χ2v) is 4.37. The number of hydrogen-bond acceptors (Lipinski definition) is 3. The predicted molar refractivity (Wildman–Crippen MR) is 73.5 cm³/mol. The Hall–Kier alpha value is -2.47. The lowest BCUT2D eigenvalue weighted by Crippen LogP contribution is -2.04. The smallest absolute Gasteiger partial charge is 0.216 e. The van der Waals surface area contributed by atoms with Crippen LogP contribution in [-0.2, 0) is 4.79 Å². The molecule has 1 amide bonds. The number of hydrogen-bond donors (Lipinski definition) is 1. The van der Waals surface area contributed by atoms with Crippen LogP contribution in [0.15, 0.2) is 36.4 Å². The van der Waals surface area contributed by atoms with Crippen LogP contribution >= 0.6 is 11.6 Å². The van der Waals surface area contributed by atoms with Gasteiger partial charge in [-0.25, -0.2) is 14.4 Å². The van der Waals surface area contributed by atoms with Crippen molar-refractivity contribution < 1.29 is 9.18 Å². The number of amides is 1. The van der Waals surface area contributed by atoms with Crippen molar-refractivity contribution in [1.29, 1.82) is 0 Å². The molecule has 1 aromatic carbocycles. The second kappa shape index (κ2) is 4.90. The number of nitrogens with zero attached hydrogens (tertiary/aromatic N) is 3. The largest absolute Gasteiger partial charge is 0.298 e. The molecule has 3 aromatic rings. The molecule has 0 aliphatic carbocycles. The monoisotopic (exact) mass is 290 g/mol. The van der Waals surface area contributed by atoms with Crippen LogP contribution in [0.3, 0.4) is 0 Å². The molecule has 0 saturated carbocycles. The molecule has 0 fully saturated rings. The number of aromatic nitrogens is 3. The lowest BCUT2D eigenvalue weighted by Gasteiger charge is -2.07. The zero-order chi connectivity index (χ0) is 14.1. The zero-order valence-corrected chi connectivity index (χ0v) is 10.8. The van der Waals surface area contributed by atoms with E-state index in [-0.39, 0.29) is 11.8 Å². The zero-order valence-electron chi connectivity index (χ0n) is 10.0. The third-order valence-electron chi connectivity index (χ3n) is 2.74. The summed E-state index contributed by atoms with van der Waals surface area (Å²) in [4.78, 5) is 19.1. The minimum Gasteiger partial charge on any atom is -0.298 e. The van der Waals surface area contributed by atoms with Gasteiger partial charge in [0.2, 0.25) is 12.4 Å². The lowest BCUT2D eigenvalue weighted by molar-refractivity contribution is -0.105. The summed E-state index contributed by atoms with van der Waals surface area (Å²) < 4.78 is 14.6. The van der Waals surface area contributed by atoms with Crippen LogP contribution in [0.25, 0.3) is 16.9 Å². The van der Waals surface area contributed by atoms with Gasteiger partial charge in [0.15, 0.2) is 5.65 Å². The van der Waals surface area contributed by atoms with Gasteiger partial charge in [-0.15, -0.1) is 0 Å². The number of benzene rings is 1. The third kappa shape index (κ3) is 2.10. The van der Waals surface area contributed by atoms with E-state index in [4.69, 9.17) is 11.6 Å². The van der Waals surface area contributed by atoms with E-state index in [0.29, 0.717) is 28.4 Å². The summed E-state index contributed by atoms with van der Waals surface area (Å²) in [6.45, 7) is 0. The van der Waals surface area contributed by atoms with E-state index in [2.05, 4.69) is 15.3 Å². The van der Waals surface area contributed by atoms with Crippen molar-refractivity contribution in [3.8, 4) is 5.69 Å². The minimum atomic E-state index is -0.353. The summed E-state index contributed by atoms with van der Waals surface area (Å²) in [6.07, 6.45) is 0.517. The molecule has 2 heterocycles. The normalized spacial score (nSPS) is 10.7. The average molecular weight is 291 g/mol. The van der Waals surface area contributed by atoms with Crippen LogP contribution in [-0.4, -0.2) is 20.9 Å². The molecule has 0 atom stereocenters. The van der Waals surface area contributed by atoms with E-state index in [1.807, 2.05) is 0 Å². The number of pyridine rings is 1. The molecule has 0 bridgehead atoms. The van der Waals surface area contributed by atoms with Crippen LogP contribution < -0.4 is 5.32 Å². The molecule has 1 N–H and O–H groups in total. The average Bonchev–Trinajstić information content (AvgIpc) is 2.78. The minimum absolute atomic E-state index is 0.288. The van der Waals surface area contributed by atoms with Gasteiger partial charge in [0, 0.05) is 0 Å². The molecule has 0 aliphatic rings. The van der Waals surface area contributed by atoms with Gasteiger partial charge < -0.3 is 0 Å². The van der Waals surface area contributed by atoms with Crippen molar-refractivity contribution in [1.82, 2.24) is 14.5 Å². The van der Waals surface area contributed by atoms with E-state index in [0.717, 1.165) is 0 Å². The van der Waals surface area contributed by atoms with Gasteiger partial charge in [-0.2, -0.15) is 0 Å². The highest BCUT2D eigenvalue weighted by molar-refractivity contribution is 6.29. The Morgan fingerprint density at radius 1 is 1.15 bits per heavy atom. The number of anilines is 1. The maximum absolute atomic E-state index is 13.0. The summed E-state index contributed by atoms with van der Waals surface area (Å²) in [5.74, 6) is -0.0644. The van der Waals surface area contributed by atoms with Crippen molar-refractivity contribution in [2.24, 2.45) is 0 Å². The number of halogens is 2. The molecule has 3 rings (SSSR count). The van der Waals surface area contributed by atoms with Crippen molar-refractivity contribution in [2.45, 2.75) is 0 Å². The summed E-state index contributed by atoms with van der Waals surface area (Å²) in [5, 5.41) is 2.80. The highest BCUT2D eigenvalue weighted by Crippen LogP contribution is 2.24. The van der Waals surface area contributed by atoms with Gasteiger partial charge in [0.05, 0.1) is 5.69 Å². The summed E-state index contributed by atoms with van der Waals surface area (Å²) >= 11 is 5.89. The predicted octanol–water partition coefficient (Wildman–Crippen LogP) is 2.78. The van der Waals surface area contributed by atoms with E-state index in [1.165, 1.54) is 12.1 Å². The molecule has 7 heteroatoms. The number of carbonyl (C=O) groups is 1. The maximum atomic E-state index is 13.0. The fourth-order valence-electron chi connectivity index (χ4n) is 1.92. The highest BCUT2D eigenvalue weighted by atomic mass is 35.5. The number of rotatable bonds is 3. The molecule has 0 saturated heterocycles. The number of carbonyl (C=O) groups excluding carboxylic acids is 1. The van der Waals surface area contributed by atoms with Crippen molar-refractivity contribution in [3.63, 3.8) is 0 Å². The van der Waals surface area contributed by atoms with Gasteiger partial charge in [-0.05, 0) is 36.4 Å². The first-order valence-electron chi connectivity index (χ1n) is 5.70. The molecule has 0 radical (unpaired) electrons. The second-order valence-electron chi connectivity index (χ2n) is 3.99. The fraction of sp³-hybridized carbons (Fsp3) is 0. The summed E-state index contributed by atoms with van der Waals surface area (Å²) in [5.41, 5.74) is 1.67. The number of nitrogens with one attached hydrogen (secondary N) is 1. The first-order chi connectivity index (χ1) is 9.69. The number of imidazole rings is 1. The van der Waals surface area contributed by atoms with Gasteiger partial charge in [0.25, 0.3) is 0 Å². The Bertz CT molecular complexity index is 785. The molecule has 2 aromatic heterocycles. The first-order valence-corrected chi connectivity index (χ1v) is 6.08. The molecule has 0 spiro atoms. The highest BCUT2D eigenvalue weighted by Gasteiger charge is 2.13. The molecular weight excluding hydrogens is 283 g/mol. The maximum Gasteiger partial charge on any atom is 0.216 e. The molecule has 100 valence electrons. The van der Waals surface area contributed by atoms with Gasteiger partial charge >= 0.3 is 0 Å². The summed E-state index contributed by atoms with van der Waals surface area (Å²) in [6, 6.07) is 9.06. The van der Waals surface area contributed by atoms with Gasteiger partial charge in [-0.3, -0.25) is 14.7 Å². The SMILES string of the molecule is O=CNc1nc2ccc(Cl)nc2n1-c1ccc(F)cc1. The summed E-state index contributed by atoms with van der Waals surface area (Å²) in [7, 11) is 0. The van der Waals surface area contributed by atoms with Crippen LogP contribution in [0.5, 0.6) is 0 Å². The topological polar surface area (TPSA) is 59.8 Å². The fourth-order valence-corrected chi connectivity index (χ4v) is 2.06. The third-order valence-corrected chi connectivity index (χ3v) is 2.95. The van der Waals surface area contributed by atoms with Crippen LogP contribution in [0, 0.1) is 5.82 Å². The van der Waals surface area contributed by atoms with E-state index in [1.54, 1.807) is 28.8 Å².